The number of benzene rings is 8. The van der Waals surface area contributed by atoms with E-state index in [2.05, 4.69) is 157 Å². The quantitative estimate of drug-likeness (QED) is 0.183. The SMILES string of the molecule is c1ccc(N(c2ccccc2)c2ccc3oc4cccc(-c5ccc6c(c5)oc5ccc(-c7cccc8c7oc7ccccc78)cc56)c4c3c2)cc1. The van der Waals surface area contributed by atoms with Crippen LogP contribution in [0.5, 0.6) is 0 Å². The summed E-state index contributed by atoms with van der Waals surface area (Å²) in [7, 11) is 0. The molecule has 0 atom stereocenters. The van der Waals surface area contributed by atoms with Gasteiger partial charge in [-0.3, -0.25) is 0 Å². The molecule has 3 aromatic heterocycles. The molecular weight excluding hydrogens is 639 g/mol. The molecule has 0 unspecified atom stereocenters. The summed E-state index contributed by atoms with van der Waals surface area (Å²) in [4.78, 5) is 2.28. The lowest BCUT2D eigenvalue weighted by molar-refractivity contribution is 0.668. The van der Waals surface area contributed by atoms with Crippen molar-refractivity contribution in [3.63, 3.8) is 0 Å². The van der Waals surface area contributed by atoms with Gasteiger partial charge in [0, 0.05) is 54.9 Å². The van der Waals surface area contributed by atoms with Crippen LogP contribution in [0.3, 0.4) is 0 Å². The summed E-state index contributed by atoms with van der Waals surface area (Å²) in [5.74, 6) is 0. The average molecular weight is 668 g/mol. The van der Waals surface area contributed by atoms with E-state index >= 15 is 0 Å². The first-order valence-electron chi connectivity index (χ1n) is 17.5. The van der Waals surface area contributed by atoms with E-state index in [1.807, 2.05) is 24.3 Å². The smallest absolute Gasteiger partial charge is 0.143 e. The van der Waals surface area contributed by atoms with Gasteiger partial charge in [0.05, 0.1) is 0 Å². The van der Waals surface area contributed by atoms with Crippen LogP contribution >= 0.6 is 0 Å². The lowest BCUT2D eigenvalue weighted by Gasteiger charge is -2.25. The van der Waals surface area contributed by atoms with Crippen LogP contribution in [0.15, 0.2) is 189 Å². The zero-order valence-electron chi connectivity index (χ0n) is 27.9. The largest absolute Gasteiger partial charge is 0.456 e. The molecule has 0 aliphatic rings. The molecule has 0 amide bonds. The van der Waals surface area contributed by atoms with Gasteiger partial charge in [-0.2, -0.15) is 0 Å². The molecule has 0 fully saturated rings. The van der Waals surface area contributed by atoms with E-state index in [1.54, 1.807) is 0 Å². The lowest BCUT2D eigenvalue weighted by Crippen LogP contribution is -2.09. The van der Waals surface area contributed by atoms with Crippen molar-refractivity contribution in [2.45, 2.75) is 0 Å². The van der Waals surface area contributed by atoms with E-state index < -0.39 is 0 Å². The van der Waals surface area contributed by atoms with E-state index in [-0.39, 0.29) is 0 Å². The molecule has 0 radical (unpaired) electrons. The Bertz CT molecular complexity index is 3090. The highest BCUT2D eigenvalue weighted by Gasteiger charge is 2.19. The molecule has 244 valence electrons. The average Bonchev–Trinajstić information content (AvgIpc) is 3.89. The first kappa shape index (κ1) is 28.8. The molecule has 0 saturated carbocycles. The van der Waals surface area contributed by atoms with Gasteiger partial charge in [-0.05, 0) is 95.6 Å². The summed E-state index contributed by atoms with van der Waals surface area (Å²) in [6, 6.07) is 61.2. The topological polar surface area (TPSA) is 42.7 Å². The van der Waals surface area contributed by atoms with E-state index in [4.69, 9.17) is 13.3 Å². The Kier molecular flexibility index (Phi) is 6.22. The number of hydrogen-bond donors (Lipinski definition) is 0. The number of para-hydroxylation sites is 4. The summed E-state index contributed by atoms with van der Waals surface area (Å²) in [5.41, 5.74) is 12.8. The summed E-state index contributed by atoms with van der Waals surface area (Å²) >= 11 is 0. The Hall–Kier alpha value is -7.04. The van der Waals surface area contributed by atoms with E-state index in [1.165, 1.54) is 0 Å². The molecule has 11 aromatic rings. The van der Waals surface area contributed by atoms with Crippen molar-refractivity contribution in [3.05, 3.63) is 176 Å². The Morgan fingerprint density at radius 1 is 0.308 bits per heavy atom. The van der Waals surface area contributed by atoms with Gasteiger partial charge in [0.25, 0.3) is 0 Å². The van der Waals surface area contributed by atoms with Crippen molar-refractivity contribution in [2.24, 2.45) is 0 Å². The van der Waals surface area contributed by atoms with Crippen molar-refractivity contribution in [2.75, 3.05) is 4.90 Å². The molecular formula is C48H29NO3. The van der Waals surface area contributed by atoms with Crippen molar-refractivity contribution in [1.82, 2.24) is 0 Å². The molecule has 0 saturated heterocycles. The Morgan fingerprint density at radius 3 is 1.75 bits per heavy atom. The number of fused-ring (bicyclic) bond motifs is 9. The van der Waals surface area contributed by atoms with Gasteiger partial charge in [0.15, 0.2) is 0 Å². The van der Waals surface area contributed by atoms with Gasteiger partial charge in [-0.25, -0.2) is 0 Å². The maximum atomic E-state index is 6.52. The summed E-state index contributed by atoms with van der Waals surface area (Å²) in [6.45, 7) is 0. The van der Waals surface area contributed by atoms with Gasteiger partial charge in [-0.15, -0.1) is 0 Å². The zero-order chi connectivity index (χ0) is 34.2. The predicted molar refractivity (Wildman–Crippen MR) is 214 cm³/mol. The van der Waals surface area contributed by atoms with Crippen LogP contribution in [-0.4, -0.2) is 0 Å². The number of nitrogens with zero attached hydrogens (tertiary/aromatic N) is 1. The van der Waals surface area contributed by atoms with Crippen LogP contribution in [0.4, 0.5) is 17.1 Å². The second-order valence-electron chi connectivity index (χ2n) is 13.3. The summed E-state index contributed by atoms with van der Waals surface area (Å²) < 4.78 is 19.3. The molecule has 0 bridgehead atoms. The molecule has 11 rings (SSSR count). The molecule has 8 aromatic carbocycles. The van der Waals surface area contributed by atoms with Crippen LogP contribution < -0.4 is 4.90 Å². The fourth-order valence-corrected chi connectivity index (χ4v) is 7.88. The van der Waals surface area contributed by atoms with Crippen LogP contribution in [0.25, 0.3) is 88.1 Å². The second-order valence-corrected chi connectivity index (χ2v) is 13.3. The standard InChI is InChI=1S/C48H29NO3/c1-3-11-32(12-4-1)49(33-13-5-2-6-14-33)34-23-26-44-41(29-34)47-35(16-10-20-45(47)50-44)31-21-24-38-40-27-30(22-25-43(40)51-46(38)28-31)36-17-9-18-39-37-15-7-8-19-42(37)52-48(36)39/h1-29H. The third kappa shape index (κ3) is 4.41. The number of rotatable bonds is 5. The van der Waals surface area contributed by atoms with Gasteiger partial charge in [0.2, 0.25) is 0 Å². The highest BCUT2D eigenvalue weighted by Crippen LogP contribution is 2.43. The second kappa shape index (κ2) is 11.2. The molecule has 0 aliphatic heterocycles. The van der Waals surface area contributed by atoms with E-state index in [0.717, 1.165) is 105 Å². The van der Waals surface area contributed by atoms with Crippen LogP contribution in [0, 0.1) is 0 Å². The first-order valence-corrected chi connectivity index (χ1v) is 17.5. The molecule has 0 aliphatic carbocycles. The Labute approximate surface area is 298 Å². The van der Waals surface area contributed by atoms with Crippen LogP contribution in [0.1, 0.15) is 0 Å². The van der Waals surface area contributed by atoms with Gasteiger partial charge < -0.3 is 18.2 Å². The minimum Gasteiger partial charge on any atom is -0.456 e. The number of anilines is 3. The molecule has 0 N–H and O–H groups in total. The van der Waals surface area contributed by atoms with E-state index in [9.17, 15) is 0 Å². The van der Waals surface area contributed by atoms with Gasteiger partial charge in [0.1, 0.15) is 33.5 Å². The van der Waals surface area contributed by atoms with Gasteiger partial charge >= 0.3 is 0 Å². The third-order valence-electron chi connectivity index (χ3n) is 10.3. The van der Waals surface area contributed by atoms with Crippen LogP contribution in [-0.2, 0) is 0 Å². The first-order chi connectivity index (χ1) is 25.8. The third-order valence-corrected chi connectivity index (χ3v) is 10.3. The Balaban J connectivity index is 1.04. The maximum absolute atomic E-state index is 6.52. The Morgan fingerprint density at radius 2 is 0.904 bits per heavy atom. The molecule has 4 nitrogen and oxygen atoms in total. The van der Waals surface area contributed by atoms with E-state index in [0.29, 0.717) is 0 Å². The minimum absolute atomic E-state index is 0.844. The number of hydrogen-bond acceptors (Lipinski definition) is 4. The summed E-state index contributed by atoms with van der Waals surface area (Å²) in [5, 5.41) is 6.54. The van der Waals surface area contributed by atoms with Gasteiger partial charge in [-0.1, -0.05) is 97.1 Å². The lowest BCUT2D eigenvalue weighted by atomic mass is 9.97. The molecule has 3 heterocycles. The van der Waals surface area contributed by atoms with Crippen molar-refractivity contribution >= 4 is 82.9 Å². The monoisotopic (exact) mass is 667 g/mol. The molecule has 0 spiro atoms. The summed E-state index contributed by atoms with van der Waals surface area (Å²) in [6.07, 6.45) is 0. The van der Waals surface area contributed by atoms with Crippen molar-refractivity contribution in [1.29, 1.82) is 0 Å². The highest BCUT2D eigenvalue weighted by atomic mass is 16.3. The van der Waals surface area contributed by atoms with Crippen molar-refractivity contribution in [3.8, 4) is 22.3 Å². The zero-order valence-corrected chi connectivity index (χ0v) is 27.9. The fraction of sp³-hybridized carbons (Fsp3) is 0. The fourth-order valence-electron chi connectivity index (χ4n) is 7.88. The number of furan rings is 3. The van der Waals surface area contributed by atoms with Crippen LogP contribution in [0.2, 0.25) is 0 Å². The highest BCUT2D eigenvalue weighted by molar-refractivity contribution is 6.15. The molecule has 52 heavy (non-hydrogen) atoms. The van der Waals surface area contributed by atoms with Crippen molar-refractivity contribution < 1.29 is 13.3 Å². The minimum atomic E-state index is 0.844. The normalized spacial score (nSPS) is 11.8. The molecule has 4 heteroatoms. The predicted octanol–water partition coefficient (Wildman–Crippen LogP) is 14.2. The maximum Gasteiger partial charge on any atom is 0.143 e.